The third-order valence-corrected chi connectivity index (χ3v) is 2.73. The van der Waals surface area contributed by atoms with Crippen LogP contribution < -0.4 is 21.1 Å². The predicted molar refractivity (Wildman–Crippen MR) is 64.9 cm³/mol. The van der Waals surface area contributed by atoms with Crippen LogP contribution in [0.15, 0.2) is 12.1 Å². The minimum Gasteiger partial charge on any atom is -0.495 e. The van der Waals surface area contributed by atoms with Gasteiger partial charge in [0.1, 0.15) is 5.75 Å². The van der Waals surface area contributed by atoms with E-state index in [1.54, 1.807) is 13.2 Å². The van der Waals surface area contributed by atoms with E-state index in [0.29, 0.717) is 17.1 Å². The first-order valence-electron chi connectivity index (χ1n) is 5.28. The average molecular weight is 223 g/mol. The zero-order valence-electron chi connectivity index (χ0n) is 9.40. The van der Waals surface area contributed by atoms with Gasteiger partial charge in [0.25, 0.3) is 0 Å². The number of nitrogen functional groups attached to an aromatic ring is 2. The van der Waals surface area contributed by atoms with Crippen LogP contribution in [0.4, 0.5) is 17.1 Å². The summed E-state index contributed by atoms with van der Waals surface area (Å²) in [7, 11) is 1.60. The summed E-state index contributed by atoms with van der Waals surface area (Å²) in [6.45, 7) is 3.15. The Morgan fingerprint density at radius 2 is 1.88 bits per heavy atom. The maximum Gasteiger partial charge on any atom is 0.143 e. The molecule has 0 aliphatic carbocycles. The first-order chi connectivity index (χ1) is 7.72. The quantitative estimate of drug-likeness (QED) is 0.722. The molecule has 1 aliphatic rings. The van der Waals surface area contributed by atoms with Crippen LogP contribution in [0.1, 0.15) is 0 Å². The van der Waals surface area contributed by atoms with Gasteiger partial charge >= 0.3 is 0 Å². The maximum absolute atomic E-state index is 5.96. The van der Waals surface area contributed by atoms with Crippen LogP contribution in [-0.2, 0) is 4.74 Å². The van der Waals surface area contributed by atoms with E-state index in [4.69, 9.17) is 20.9 Å². The van der Waals surface area contributed by atoms with Gasteiger partial charge in [0.15, 0.2) is 0 Å². The van der Waals surface area contributed by atoms with Gasteiger partial charge in [-0.2, -0.15) is 0 Å². The summed E-state index contributed by atoms with van der Waals surface area (Å²) >= 11 is 0. The predicted octanol–water partition coefficient (Wildman–Crippen LogP) is 0.696. The molecule has 0 unspecified atom stereocenters. The van der Waals surface area contributed by atoms with E-state index in [-0.39, 0.29) is 0 Å². The van der Waals surface area contributed by atoms with E-state index in [9.17, 15) is 0 Å². The smallest absolute Gasteiger partial charge is 0.143 e. The normalized spacial score (nSPS) is 16.2. The number of morpholine rings is 1. The zero-order valence-corrected chi connectivity index (χ0v) is 9.40. The Morgan fingerprint density at radius 3 is 2.50 bits per heavy atom. The first kappa shape index (κ1) is 10.9. The van der Waals surface area contributed by atoms with Crippen molar-refractivity contribution >= 4 is 17.1 Å². The van der Waals surface area contributed by atoms with Crippen molar-refractivity contribution in [3.63, 3.8) is 0 Å². The second-order valence-corrected chi connectivity index (χ2v) is 3.75. The molecule has 1 aromatic rings. The molecule has 0 saturated carbocycles. The van der Waals surface area contributed by atoms with Gasteiger partial charge in [-0.05, 0) is 6.07 Å². The van der Waals surface area contributed by atoms with Crippen molar-refractivity contribution in [3.05, 3.63) is 12.1 Å². The van der Waals surface area contributed by atoms with Gasteiger partial charge in [-0.25, -0.2) is 0 Å². The largest absolute Gasteiger partial charge is 0.495 e. The van der Waals surface area contributed by atoms with Crippen molar-refractivity contribution in [3.8, 4) is 5.75 Å². The van der Waals surface area contributed by atoms with Crippen molar-refractivity contribution in [2.45, 2.75) is 0 Å². The second-order valence-electron chi connectivity index (χ2n) is 3.75. The Hall–Kier alpha value is -1.62. The molecule has 1 heterocycles. The van der Waals surface area contributed by atoms with Crippen LogP contribution >= 0.6 is 0 Å². The molecule has 1 aromatic carbocycles. The van der Waals surface area contributed by atoms with Gasteiger partial charge in [-0.15, -0.1) is 0 Å². The van der Waals surface area contributed by atoms with Crippen LogP contribution in [-0.4, -0.2) is 33.4 Å². The molecular weight excluding hydrogens is 206 g/mol. The number of anilines is 3. The van der Waals surface area contributed by atoms with E-state index in [1.165, 1.54) is 0 Å². The Labute approximate surface area is 94.9 Å². The fourth-order valence-electron chi connectivity index (χ4n) is 1.86. The van der Waals surface area contributed by atoms with Crippen molar-refractivity contribution in [1.82, 2.24) is 0 Å². The highest BCUT2D eigenvalue weighted by Gasteiger charge is 2.15. The van der Waals surface area contributed by atoms with Crippen LogP contribution in [0.5, 0.6) is 5.75 Å². The summed E-state index contributed by atoms with van der Waals surface area (Å²) in [6.07, 6.45) is 0. The summed E-state index contributed by atoms with van der Waals surface area (Å²) in [5, 5.41) is 0. The van der Waals surface area contributed by atoms with Crippen molar-refractivity contribution in [2.75, 3.05) is 49.8 Å². The first-order valence-corrected chi connectivity index (χ1v) is 5.28. The molecule has 1 saturated heterocycles. The Balaban J connectivity index is 2.31. The third-order valence-electron chi connectivity index (χ3n) is 2.73. The van der Waals surface area contributed by atoms with Gasteiger partial charge in [0.2, 0.25) is 0 Å². The lowest BCUT2D eigenvalue weighted by molar-refractivity contribution is 0.123. The molecule has 0 aromatic heterocycles. The Morgan fingerprint density at radius 1 is 1.19 bits per heavy atom. The molecule has 1 aliphatic heterocycles. The minimum atomic E-state index is 0.567. The van der Waals surface area contributed by atoms with Crippen molar-refractivity contribution in [1.29, 1.82) is 0 Å². The second kappa shape index (κ2) is 4.49. The van der Waals surface area contributed by atoms with Gasteiger partial charge in [0, 0.05) is 19.2 Å². The molecule has 0 amide bonds. The topological polar surface area (TPSA) is 73.7 Å². The monoisotopic (exact) mass is 223 g/mol. The Bertz CT molecular complexity index is 376. The number of hydrogen-bond donors (Lipinski definition) is 2. The molecule has 0 atom stereocenters. The molecule has 1 fully saturated rings. The highest BCUT2D eigenvalue weighted by Crippen LogP contribution is 2.33. The van der Waals surface area contributed by atoms with E-state index >= 15 is 0 Å². The third kappa shape index (κ3) is 1.99. The number of hydrogen-bond acceptors (Lipinski definition) is 5. The molecule has 88 valence electrons. The highest BCUT2D eigenvalue weighted by atomic mass is 16.5. The fourth-order valence-corrected chi connectivity index (χ4v) is 1.86. The summed E-state index contributed by atoms with van der Waals surface area (Å²) in [5.41, 5.74) is 14.0. The van der Waals surface area contributed by atoms with Gasteiger partial charge in [-0.3, -0.25) is 0 Å². The molecule has 0 spiro atoms. The number of nitrogens with zero attached hydrogens (tertiary/aromatic N) is 1. The fraction of sp³-hybridized carbons (Fsp3) is 0.455. The number of methoxy groups -OCH3 is 1. The summed E-state index contributed by atoms with van der Waals surface area (Å²) in [4.78, 5) is 2.18. The zero-order chi connectivity index (χ0) is 11.5. The molecule has 5 nitrogen and oxygen atoms in total. The van der Waals surface area contributed by atoms with Gasteiger partial charge in [0.05, 0.1) is 37.4 Å². The molecule has 4 N–H and O–H groups in total. The lowest BCUT2D eigenvalue weighted by Crippen LogP contribution is -2.36. The number of benzene rings is 1. The minimum absolute atomic E-state index is 0.567. The molecular formula is C11H17N3O2. The van der Waals surface area contributed by atoms with E-state index in [1.807, 2.05) is 6.07 Å². The van der Waals surface area contributed by atoms with Crippen LogP contribution in [0.2, 0.25) is 0 Å². The molecule has 16 heavy (non-hydrogen) atoms. The standard InChI is InChI=1S/C11H17N3O2/c1-15-11-7-10(8(12)6-9(11)13)14-2-4-16-5-3-14/h6-7H,2-5,12-13H2,1H3. The molecule has 0 bridgehead atoms. The van der Waals surface area contributed by atoms with Crippen LogP contribution in [0.3, 0.4) is 0 Å². The molecule has 5 heteroatoms. The summed E-state index contributed by atoms with van der Waals surface area (Å²) < 4.78 is 10.5. The van der Waals surface area contributed by atoms with Crippen molar-refractivity contribution in [2.24, 2.45) is 0 Å². The highest BCUT2D eigenvalue weighted by molar-refractivity contribution is 5.76. The number of ether oxygens (including phenoxy) is 2. The average Bonchev–Trinajstić information content (AvgIpc) is 2.30. The molecule has 0 radical (unpaired) electrons. The summed E-state index contributed by atoms with van der Waals surface area (Å²) in [6, 6.07) is 3.62. The van der Waals surface area contributed by atoms with Gasteiger partial charge in [-0.1, -0.05) is 0 Å². The Kier molecular flexibility index (Phi) is 3.05. The van der Waals surface area contributed by atoms with Crippen LogP contribution in [0.25, 0.3) is 0 Å². The SMILES string of the molecule is COc1cc(N2CCOCC2)c(N)cc1N. The maximum atomic E-state index is 5.96. The lowest BCUT2D eigenvalue weighted by atomic mass is 10.2. The number of nitrogens with two attached hydrogens (primary N) is 2. The molecule has 2 rings (SSSR count). The van der Waals surface area contributed by atoms with Gasteiger partial charge < -0.3 is 25.8 Å². The van der Waals surface area contributed by atoms with E-state index in [2.05, 4.69) is 4.90 Å². The van der Waals surface area contributed by atoms with E-state index < -0.39 is 0 Å². The number of rotatable bonds is 2. The van der Waals surface area contributed by atoms with Crippen molar-refractivity contribution < 1.29 is 9.47 Å². The lowest BCUT2D eigenvalue weighted by Gasteiger charge is -2.30. The van der Waals surface area contributed by atoms with E-state index in [0.717, 1.165) is 32.0 Å². The summed E-state index contributed by atoms with van der Waals surface area (Å²) in [5.74, 6) is 0.663. The van der Waals surface area contributed by atoms with Crippen LogP contribution in [0, 0.1) is 0 Å².